The molecule has 1 atom stereocenters. The molecule has 3 aromatic rings. The second-order valence-corrected chi connectivity index (χ2v) is 14.3. The first-order valence-electron chi connectivity index (χ1n) is 15.5. The summed E-state index contributed by atoms with van der Waals surface area (Å²) in [5.74, 6) is 2.13. The molecule has 3 aromatic carbocycles. The highest BCUT2D eigenvalue weighted by Crippen LogP contribution is 2.53. The van der Waals surface area contributed by atoms with E-state index in [0.29, 0.717) is 11.5 Å². The van der Waals surface area contributed by atoms with Gasteiger partial charge in [-0.3, -0.25) is 0 Å². The van der Waals surface area contributed by atoms with Crippen LogP contribution in [0.1, 0.15) is 79.0 Å². The summed E-state index contributed by atoms with van der Waals surface area (Å²) in [4.78, 5) is 0. The minimum Gasteiger partial charge on any atom is -0.465 e. The van der Waals surface area contributed by atoms with Gasteiger partial charge in [-0.2, -0.15) is 0 Å². The molecule has 2 aliphatic rings. The Morgan fingerprint density at radius 2 is 1.18 bits per heavy atom. The lowest BCUT2D eigenvalue weighted by molar-refractivity contribution is -0.0893. The van der Waals surface area contributed by atoms with E-state index < -0.39 is 22.2 Å². The number of rotatable bonds is 7. The van der Waals surface area contributed by atoms with E-state index in [0.717, 1.165) is 33.4 Å². The van der Waals surface area contributed by atoms with Crippen LogP contribution in [0.2, 0.25) is 0 Å². The summed E-state index contributed by atoms with van der Waals surface area (Å²) in [6.45, 7) is 18.0. The van der Waals surface area contributed by atoms with Gasteiger partial charge in [-0.05, 0) is 82.2 Å². The van der Waals surface area contributed by atoms with Gasteiger partial charge in [0.2, 0.25) is 0 Å². The number of hydrogen-bond acceptors (Lipinski definition) is 5. The van der Waals surface area contributed by atoms with Gasteiger partial charge in [-0.1, -0.05) is 87.5 Å². The van der Waals surface area contributed by atoms with Crippen LogP contribution in [0, 0.1) is 5.41 Å². The van der Waals surface area contributed by atoms with E-state index in [1.165, 1.54) is 0 Å². The Morgan fingerprint density at radius 1 is 0.622 bits per heavy atom. The number of aliphatic hydroxyl groups is 1. The van der Waals surface area contributed by atoms with Crippen LogP contribution in [0.5, 0.6) is 17.2 Å². The Bertz CT molecular complexity index is 1640. The van der Waals surface area contributed by atoms with Crippen LogP contribution in [-0.2, 0) is 14.7 Å². The molecule has 2 heterocycles. The fraction of sp³-hybridized carbons (Fsp3) is 0.368. The van der Waals surface area contributed by atoms with Crippen molar-refractivity contribution in [2.45, 2.75) is 84.5 Å². The largest absolute Gasteiger partial charge is 0.465 e. The van der Waals surface area contributed by atoms with Crippen molar-refractivity contribution in [3.63, 3.8) is 0 Å². The first kappa shape index (κ1) is 32.9. The van der Waals surface area contributed by atoms with Gasteiger partial charge in [0.05, 0.1) is 28.5 Å². The zero-order valence-electron chi connectivity index (χ0n) is 28.0. The average Bonchev–Trinajstić information content (AvgIpc) is 2.97. The van der Waals surface area contributed by atoms with Crippen molar-refractivity contribution in [3.05, 3.63) is 114 Å². The Hall–Kier alpha value is -3.51. The molecule has 1 spiro atoms. The number of ether oxygens (including phenoxy) is 2. The lowest BCUT2D eigenvalue weighted by Crippen LogP contribution is -2.50. The summed E-state index contributed by atoms with van der Waals surface area (Å²) >= 11 is 0. The average molecular weight is 602 g/mol. The first-order valence-corrected chi connectivity index (χ1v) is 15.5. The molecule has 5 rings (SSSR count). The smallest absolute Gasteiger partial charge is 0.331 e. The van der Waals surface area contributed by atoms with Crippen molar-refractivity contribution in [1.29, 1.82) is 0 Å². The molecule has 0 amide bonds. The summed E-state index contributed by atoms with van der Waals surface area (Å²) in [7, 11) is 3.61. The SMILES string of the molecule is CC(C)(C)C(C)(C)O[B]c1cccc2c1C1(/C=C/C=C\C=C\O2)c2ccccc2Oc2cccc([B]OC(C)(C)C(C)(C)O)c21. The maximum Gasteiger partial charge on any atom is 0.331 e. The highest BCUT2D eigenvalue weighted by atomic mass is 16.5. The van der Waals surface area contributed by atoms with Crippen LogP contribution in [0.15, 0.2) is 97.3 Å². The molecule has 1 N–H and O–H groups in total. The minimum absolute atomic E-state index is 0.117. The third-order valence-electron chi connectivity index (χ3n) is 9.63. The van der Waals surface area contributed by atoms with Gasteiger partial charge in [-0.15, -0.1) is 0 Å². The van der Waals surface area contributed by atoms with Crippen molar-refractivity contribution >= 4 is 25.9 Å². The molecule has 0 saturated carbocycles. The van der Waals surface area contributed by atoms with Crippen LogP contribution < -0.4 is 20.4 Å². The van der Waals surface area contributed by atoms with Crippen LogP contribution in [0.3, 0.4) is 0 Å². The molecule has 0 saturated heterocycles. The molecule has 1 unspecified atom stereocenters. The molecule has 7 heteroatoms. The predicted molar refractivity (Wildman–Crippen MR) is 184 cm³/mol. The zero-order valence-corrected chi connectivity index (χ0v) is 28.0. The first-order chi connectivity index (χ1) is 21.1. The van der Waals surface area contributed by atoms with E-state index in [1.807, 2.05) is 88.1 Å². The lowest BCUT2D eigenvalue weighted by Gasteiger charge is -2.43. The second kappa shape index (κ2) is 12.0. The van der Waals surface area contributed by atoms with Crippen molar-refractivity contribution in [2.24, 2.45) is 5.41 Å². The maximum atomic E-state index is 10.9. The summed E-state index contributed by atoms with van der Waals surface area (Å²) in [6.07, 6.45) is 11.8. The quantitative estimate of drug-likeness (QED) is 0.294. The molecule has 2 aliphatic heterocycles. The van der Waals surface area contributed by atoms with E-state index in [2.05, 4.69) is 58.9 Å². The Balaban J connectivity index is 1.81. The van der Waals surface area contributed by atoms with E-state index in [9.17, 15) is 5.11 Å². The molecule has 45 heavy (non-hydrogen) atoms. The second-order valence-electron chi connectivity index (χ2n) is 14.3. The van der Waals surface area contributed by atoms with Gasteiger partial charge in [0.1, 0.15) is 17.2 Å². The Morgan fingerprint density at radius 3 is 1.82 bits per heavy atom. The third-order valence-corrected chi connectivity index (χ3v) is 9.63. The normalized spacial score (nSPS) is 20.0. The van der Waals surface area contributed by atoms with E-state index in [4.69, 9.17) is 18.8 Å². The van der Waals surface area contributed by atoms with Crippen LogP contribution in [0.4, 0.5) is 0 Å². The van der Waals surface area contributed by atoms with E-state index in [-0.39, 0.29) is 5.41 Å². The molecule has 2 radical (unpaired) electrons. The summed E-state index contributed by atoms with van der Waals surface area (Å²) < 4.78 is 26.0. The summed E-state index contributed by atoms with van der Waals surface area (Å²) in [6, 6.07) is 20.1. The maximum absolute atomic E-state index is 10.9. The number of hydrogen-bond donors (Lipinski definition) is 1. The molecular weight excluding hydrogens is 558 g/mol. The van der Waals surface area contributed by atoms with Crippen molar-refractivity contribution in [1.82, 2.24) is 0 Å². The molecule has 0 bridgehead atoms. The minimum atomic E-state index is -1.09. The van der Waals surface area contributed by atoms with Gasteiger partial charge in [0.25, 0.3) is 0 Å². The van der Waals surface area contributed by atoms with Gasteiger partial charge in [-0.25, -0.2) is 0 Å². The highest BCUT2D eigenvalue weighted by molar-refractivity contribution is 6.49. The van der Waals surface area contributed by atoms with Crippen LogP contribution in [-0.4, -0.2) is 36.9 Å². The van der Waals surface area contributed by atoms with Gasteiger partial charge in [0.15, 0.2) is 0 Å². The van der Waals surface area contributed by atoms with Crippen LogP contribution in [0.25, 0.3) is 0 Å². The van der Waals surface area contributed by atoms with Crippen molar-refractivity contribution in [3.8, 4) is 17.2 Å². The molecular formula is C38H44B2O5. The molecule has 0 aromatic heterocycles. The molecule has 0 fully saturated rings. The molecule has 5 nitrogen and oxygen atoms in total. The predicted octanol–water partition coefficient (Wildman–Crippen LogP) is 7.04. The van der Waals surface area contributed by atoms with Crippen molar-refractivity contribution < 1.29 is 23.9 Å². The highest BCUT2D eigenvalue weighted by Gasteiger charge is 2.47. The summed E-state index contributed by atoms with van der Waals surface area (Å²) in [5, 5.41) is 10.9. The Kier molecular flexibility index (Phi) is 8.78. The van der Waals surface area contributed by atoms with Gasteiger partial charge >= 0.3 is 15.0 Å². The molecule has 232 valence electrons. The van der Waals surface area contributed by atoms with Crippen molar-refractivity contribution in [2.75, 3.05) is 0 Å². The van der Waals surface area contributed by atoms with Gasteiger partial charge < -0.3 is 23.9 Å². The number of allylic oxidation sites excluding steroid dienone is 5. The number of fused-ring (bicyclic) bond motifs is 6. The lowest BCUT2D eigenvalue weighted by atomic mass is 9.59. The van der Waals surface area contributed by atoms with E-state index in [1.54, 1.807) is 27.6 Å². The topological polar surface area (TPSA) is 57.2 Å². The van der Waals surface area contributed by atoms with Gasteiger partial charge in [0, 0.05) is 16.7 Å². The van der Waals surface area contributed by atoms with E-state index >= 15 is 0 Å². The zero-order chi connectivity index (χ0) is 32.7. The third kappa shape index (κ3) is 6.18. The Labute approximate surface area is 270 Å². The number of benzene rings is 3. The monoisotopic (exact) mass is 602 g/mol. The number of para-hydroxylation sites is 1. The molecule has 0 aliphatic carbocycles. The fourth-order valence-corrected chi connectivity index (χ4v) is 5.20. The summed E-state index contributed by atoms with van der Waals surface area (Å²) in [5.41, 5.74) is 1.01. The standard InChI is InChI=1S/C38H44B2O5/c1-34(2,3)36(6,7)44-39-27-19-16-22-30-32(27)38(24-14-10-11-15-25-42-30)26-18-12-13-21-29(26)43-31-23-17-20-28(33(31)38)40-45-37(8,9)35(4,5)41/h10-25,41H,1-9H3/b11-10-,24-14+,25-15+. The fourth-order valence-electron chi connectivity index (χ4n) is 5.20. The van der Waals surface area contributed by atoms with Crippen LogP contribution >= 0.6 is 0 Å².